The maximum Gasteiger partial charge on any atom is 0.232 e. The maximum atomic E-state index is 5.66. The molecule has 0 aliphatic rings. The largest absolute Gasteiger partial charge is 0.330 e. The van der Waals surface area contributed by atoms with E-state index in [-0.39, 0.29) is 0 Å². The Kier molecular flexibility index (Phi) is 2.83. The Bertz CT molecular complexity index is 708. The van der Waals surface area contributed by atoms with E-state index in [1.807, 2.05) is 41.3 Å². The van der Waals surface area contributed by atoms with Crippen molar-refractivity contribution in [2.24, 2.45) is 12.8 Å². The molecule has 3 aromatic rings. The van der Waals surface area contributed by atoms with Gasteiger partial charge in [0.15, 0.2) is 5.82 Å². The Morgan fingerprint density at radius 2 is 1.95 bits per heavy atom. The SMILES string of the molecule is Cc1nc2n(C)c(-c3ccccc3)nn2c1CCN. The molecule has 0 aliphatic heterocycles. The van der Waals surface area contributed by atoms with Gasteiger partial charge in [0.25, 0.3) is 0 Å². The fourth-order valence-corrected chi connectivity index (χ4v) is 2.38. The molecular weight excluding hydrogens is 238 g/mol. The molecule has 0 bridgehead atoms. The van der Waals surface area contributed by atoms with Gasteiger partial charge in [0, 0.05) is 19.0 Å². The van der Waals surface area contributed by atoms with Gasteiger partial charge >= 0.3 is 0 Å². The second-order valence-corrected chi connectivity index (χ2v) is 4.64. The molecule has 0 saturated heterocycles. The van der Waals surface area contributed by atoms with Gasteiger partial charge in [-0.2, -0.15) is 0 Å². The summed E-state index contributed by atoms with van der Waals surface area (Å²) in [7, 11) is 1.99. The molecule has 0 radical (unpaired) electrons. The first-order chi connectivity index (χ1) is 9.22. The molecule has 0 aliphatic carbocycles. The summed E-state index contributed by atoms with van der Waals surface area (Å²) in [5.41, 5.74) is 8.85. The zero-order chi connectivity index (χ0) is 13.4. The molecule has 1 aromatic carbocycles. The predicted octanol–water partition coefficient (Wildman–Crippen LogP) is 1.54. The average Bonchev–Trinajstić information content (AvgIpc) is 2.90. The van der Waals surface area contributed by atoms with Crippen LogP contribution in [0.5, 0.6) is 0 Å². The molecule has 2 N–H and O–H groups in total. The van der Waals surface area contributed by atoms with Gasteiger partial charge in [-0.3, -0.25) is 4.57 Å². The van der Waals surface area contributed by atoms with Gasteiger partial charge in [-0.1, -0.05) is 30.3 Å². The summed E-state index contributed by atoms with van der Waals surface area (Å²) in [6.07, 6.45) is 0.790. The standard InChI is InChI=1S/C14H17N5/c1-10-12(8-9-15)19-14(16-10)18(2)13(17-19)11-6-4-3-5-7-11/h3-7H,8-9,15H2,1-2H3. The molecule has 5 nitrogen and oxygen atoms in total. The molecule has 2 aromatic heterocycles. The Balaban J connectivity index is 2.21. The second-order valence-electron chi connectivity index (χ2n) is 4.64. The first kappa shape index (κ1) is 11.9. The third-order valence-corrected chi connectivity index (χ3v) is 3.36. The van der Waals surface area contributed by atoms with Crippen LogP contribution in [0.4, 0.5) is 0 Å². The number of rotatable bonds is 3. The zero-order valence-electron chi connectivity index (χ0n) is 11.2. The Morgan fingerprint density at radius 1 is 1.21 bits per heavy atom. The molecule has 0 saturated carbocycles. The van der Waals surface area contributed by atoms with Crippen molar-refractivity contribution in [2.45, 2.75) is 13.3 Å². The number of hydrogen-bond acceptors (Lipinski definition) is 3. The van der Waals surface area contributed by atoms with Crippen LogP contribution in [0.3, 0.4) is 0 Å². The molecule has 19 heavy (non-hydrogen) atoms. The van der Waals surface area contributed by atoms with E-state index in [9.17, 15) is 0 Å². The van der Waals surface area contributed by atoms with Crippen LogP contribution in [-0.2, 0) is 13.5 Å². The number of fused-ring (bicyclic) bond motifs is 1. The number of aromatic nitrogens is 4. The molecule has 0 amide bonds. The van der Waals surface area contributed by atoms with E-state index in [1.165, 1.54) is 0 Å². The predicted molar refractivity (Wildman–Crippen MR) is 74.9 cm³/mol. The van der Waals surface area contributed by atoms with Crippen LogP contribution in [-0.4, -0.2) is 25.7 Å². The lowest BCUT2D eigenvalue weighted by Gasteiger charge is -2.00. The summed E-state index contributed by atoms with van der Waals surface area (Å²) in [5.74, 6) is 1.78. The molecule has 0 fully saturated rings. The van der Waals surface area contributed by atoms with Gasteiger partial charge in [0.2, 0.25) is 5.78 Å². The van der Waals surface area contributed by atoms with Gasteiger partial charge in [-0.05, 0) is 13.5 Å². The first-order valence-corrected chi connectivity index (χ1v) is 6.38. The lowest BCUT2D eigenvalue weighted by molar-refractivity contribution is 0.835. The third-order valence-electron chi connectivity index (χ3n) is 3.36. The van der Waals surface area contributed by atoms with E-state index < -0.39 is 0 Å². The molecule has 0 spiro atoms. The van der Waals surface area contributed by atoms with Gasteiger partial charge in [-0.25, -0.2) is 9.50 Å². The van der Waals surface area contributed by atoms with E-state index in [2.05, 4.69) is 22.2 Å². The zero-order valence-corrected chi connectivity index (χ0v) is 11.2. The number of aryl methyl sites for hydroxylation is 2. The lowest BCUT2D eigenvalue weighted by atomic mass is 10.2. The van der Waals surface area contributed by atoms with E-state index in [0.29, 0.717) is 6.54 Å². The highest BCUT2D eigenvalue weighted by atomic mass is 15.4. The number of nitrogens with zero attached hydrogens (tertiary/aromatic N) is 4. The summed E-state index contributed by atoms with van der Waals surface area (Å²) in [4.78, 5) is 4.59. The van der Waals surface area contributed by atoms with Crippen molar-refractivity contribution < 1.29 is 0 Å². The number of benzene rings is 1. The number of hydrogen-bond donors (Lipinski definition) is 1. The molecule has 3 rings (SSSR count). The summed E-state index contributed by atoms with van der Waals surface area (Å²) >= 11 is 0. The summed E-state index contributed by atoms with van der Waals surface area (Å²) in [6, 6.07) is 10.1. The molecular formula is C14H17N5. The van der Waals surface area contributed by atoms with Crippen LogP contribution in [0.15, 0.2) is 30.3 Å². The highest BCUT2D eigenvalue weighted by Gasteiger charge is 2.16. The third kappa shape index (κ3) is 1.82. The number of nitrogens with two attached hydrogens (primary N) is 1. The molecule has 0 unspecified atom stereocenters. The minimum Gasteiger partial charge on any atom is -0.330 e. The molecule has 2 heterocycles. The van der Waals surface area contributed by atoms with Crippen molar-refractivity contribution in [1.29, 1.82) is 0 Å². The summed E-state index contributed by atoms with van der Waals surface area (Å²) in [6.45, 7) is 2.60. The van der Waals surface area contributed by atoms with Gasteiger partial charge in [0.1, 0.15) is 0 Å². The van der Waals surface area contributed by atoms with Crippen molar-refractivity contribution in [2.75, 3.05) is 6.54 Å². The Hall–Kier alpha value is -2.14. The topological polar surface area (TPSA) is 61.1 Å². The van der Waals surface area contributed by atoms with Gasteiger partial charge in [0.05, 0.1) is 11.4 Å². The van der Waals surface area contributed by atoms with Crippen LogP contribution >= 0.6 is 0 Å². The van der Waals surface area contributed by atoms with Crippen LogP contribution in [0.1, 0.15) is 11.4 Å². The summed E-state index contributed by atoms with van der Waals surface area (Å²) < 4.78 is 3.92. The van der Waals surface area contributed by atoms with Crippen LogP contribution in [0.2, 0.25) is 0 Å². The highest BCUT2D eigenvalue weighted by Crippen LogP contribution is 2.20. The molecule has 98 valence electrons. The minimum atomic E-state index is 0.603. The number of imidazole rings is 1. The van der Waals surface area contributed by atoms with E-state index in [4.69, 9.17) is 5.73 Å². The maximum absolute atomic E-state index is 5.66. The first-order valence-electron chi connectivity index (χ1n) is 6.38. The lowest BCUT2D eigenvalue weighted by Crippen LogP contribution is -2.06. The molecule has 5 heteroatoms. The van der Waals surface area contributed by atoms with Crippen molar-refractivity contribution in [3.8, 4) is 11.4 Å². The van der Waals surface area contributed by atoms with Crippen LogP contribution < -0.4 is 5.73 Å². The Labute approximate surface area is 111 Å². The van der Waals surface area contributed by atoms with Crippen molar-refractivity contribution in [3.63, 3.8) is 0 Å². The fraction of sp³-hybridized carbons (Fsp3) is 0.286. The van der Waals surface area contributed by atoms with E-state index in [1.54, 1.807) is 0 Å². The quantitative estimate of drug-likeness (QED) is 0.772. The van der Waals surface area contributed by atoms with Gasteiger partial charge < -0.3 is 5.73 Å². The smallest absolute Gasteiger partial charge is 0.232 e. The Morgan fingerprint density at radius 3 is 2.63 bits per heavy atom. The van der Waals surface area contributed by atoms with E-state index >= 15 is 0 Å². The van der Waals surface area contributed by atoms with Crippen molar-refractivity contribution >= 4 is 5.78 Å². The van der Waals surface area contributed by atoms with E-state index in [0.717, 1.165) is 35.0 Å². The monoisotopic (exact) mass is 255 g/mol. The average molecular weight is 255 g/mol. The highest BCUT2D eigenvalue weighted by molar-refractivity contribution is 5.58. The van der Waals surface area contributed by atoms with Crippen molar-refractivity contribution in [3.05, 3.63) is 41.7 Å². The molecule has 0 atom stereocenters. The van der Waals surface area contributed by atoms with Gasteiger partial charge in [-0.15, -0.1) is 5.10 Å². The fourth-order valence-electron chi connectivity index (χ4n) is 2.38. The summed E-state index contributed by atoms with van der Waals surface area (Å²) in [5, 5.41) is 4.68. The second kappa shape index (κ2) is 4.51. The normalized spacial score (nSPS) is 11.3. The van der Waals surface area contributed by atoms with Crippen LogP contribution in [0.25, 0.3) is 17.2 Å². The minimum absolute atomic E-state index is 0.603. The van der Waals surface area contributed by atoms with Crippen LogP contribution in [0, 0.1) is 6.92 Å². The van der Waals surface area contributed by atoms with Crippen molar-refractivity contribution in [1.82, 2.24) is 19.2 Å².